The summed E-state index contributed by atoms with van der Waals surface area (Å²) >= 11 is 0. The van der Waals surface area contributed by atoms with Gasteiger partial charge in [0.2, 0.25) is 0 Å². The highest BCUT2D eigenvalue weighted by Gasteiger charge is 2.38. The van der Waals surface area contributed by atoms with Crippen molar-refractivity contribution in [3.8, 4) is 0 Å². The molecular formula is C22H28F3N3O3. The van der Waals surface area contributed by atoms with Crippen LogP contribution in [0.25, 0.3) is 0 Å². The number of carbonyl (C=O) groups is 1. The Morgan fingerprint density at radius 1 is 1.13 bits per heavy atom. The number of aromatic nitrogens is 2. The summed E-state index contributed by atoms with van der Waals surface area (Å²) in [7, 11) is 0. The van der Waals surface area contributed by atoms with Crippen LogP contribution in [0.1, 0.15) is 24.1 Å². The van der Waals surface area contributed by atoms with Crippen molar-refractivity contribution >= 4 is 5.97 Å². The summed E-state index contributed by atoms with van der Waals surface area (Å²) in [5.41, 5.74) is 2.74. The normalized spacial score (nSPS) is 19.1. The monoisotopic (exact) mass is 439 g/mol. The highest BCUT2D eigenvalue weighted by atomic mass is 19.4. The van der Waals surface area contributed by atoms with Gasteiger partial charge in [0, 0.05) is 44.9 Å². The Hall–Kier alpha value is -2.39. The van der Waals surface area contributed by atoms with E-state index in [9.17, 15) is 13.2 Å². The van der Waals surface area contributed by atoms with Gasteiger partial charge in [-0.05, 0) is 30.7 Å². The number of fused-ring (bicyclic) bond motifs is 1. The first kappa shape index (κ1) is 23.3. The third-order valence-corrected chi connectivity index (χ3v) is 5.36. The predicted octanol–water partition coefficient (Wildman–Crippen LogP) is 3.62. The van der Waals surface area contributed by atoms with Crippen LogP contribution in [-0.4, -0.2) is 58.0 Å². The number of benzene rings is 1. The zero-order valence-corrected chi connectivity index (χ0v) is 17.3. The maximum absolute atomic E-state index is 10.6. The summed E-state index contributed by atoms with van der Waals surface area (Å²) in [6.45, 7) is 6.05. The van der Waals surface area contributed by atoms with Crippen molar-refractivity contribution in [1.29, 1.82) is 0 Å². The van der Waals surface area contributed by atoms with Crippen molar-refractivity contribution in [3.05, 3.63) is 54.1 Å². The predicted molar refractivity (Wildman–Crippen MR) is 108 cm³/mol. The van der Waals surface area contributed by atoms with Crippen molar-refractivity contribution in [2.75, 3.05) is 26.3 Å². The Morgan fingerprint density at radius 2 is 1.81 bits per heavy atom. The molecule has 0 saturated heterocycles. The zero-order valence-electron chi connectivity index (χ0n) is 17.3. The molecule has 31 heavy (non-hydrogen) atoms. The van der Waals surface area contributed by atoms with Crippen molar-refractivity contribution in [3.63, 3.8) is 0 Å². The van der Waals surface area contributed by atoms with E-state index in [1.165, 1.54) is 24.1 Å². The van der Waals surface area contributed by atoms with Crippen LogP contribution in [-0.2, 0) is 29.0 Å². The first-order chi connectivity index (χ1) is 14.8. The maximum atomic E-state index is 10.6. The molecule has 0 amide bonds. The van der Waals surface area contributed by atoms with Gasteiger partial charge in [-0.1, -0.05) is 30.3 Å². The molecule has 2 aliphatic rings. The summed E-state index contributed by atoms with van der Waals surface area (Å²) in [5, 5.41) is 7.12. The molecule has 170 valence electrons. The average Bonchev–Trinajstić information content (AvgIpc) is 3.48. The quantitative estimate of drug-likeness (QED) is 0.714. The fraction of sp³-hybridized carbons (Fsp3) is 0.545. The smallest absolute Gasteiger partial charge is 0.475 e. The molecule has 0 bridgehead atoms. The molecule has 1 N–H and O–H groups in total. The number of carboxylic acids is 1. The van der Waals surface area contributed by atoms with Crippen LogP contribution in [0, 0.1) is 11.8 Å². The van der Waals surface area contributed by atoms with E-state index in [2.05, 4.69) is 44.8 Å². The average molecular weight is 439 g/mol. The second-order valence-electron chi connectivity index (χ2n) is 8.16. The largest absolute Gasteiger partial charge is 0.490 e. The molecule has 1 fully saturated rings. The molecule has 1 aromatic carbocycles. The molecule has 1 saturated carbocycles. The van der Waals surface area contributed by atoms with Crippen molar-refractivity contribution in [1.82, 2.24) is 14.5 Å². The minimum Gasteiger partial charge on any atom is -0.475 e. The number of alkyl halides is 3. The lowest BCUT2D eigenvalue weighted by atomic mass is 10.1. The number of hydrogen-bond donors (Lipinski definition) is 1. The molecule has 1 aliphatic carbocycles. The van der Waals surface area contributed by atoms with Crippen molar-refractivity contribution < 1.29 is 27.8 Å². The Balaban J connectivity index is 0.000000339. The summed E-state index contributed by atoms with van der Waals surface area (Å²) in [4.78, 5) is 15.8. The zero-order chi connectivity index (χ0) is 22.3. The van der Waals surface area contributed by atoms with Crippen LogP contribution >= 0.6 is 0 Å². The SMILES string of the molecule is O=C(O)C(F)(F)F.c1ccc(CCN2Cc3cncn3CC(COCC3CC3)C2)cc1. The minimum absolute atomic E-state index is 0.551. The van der Waals surface area contributed by atoms with Gasteiger partial charge in [0.1, 0.15) is 0 Å². The van der Waals surface area contributed by atoms with Gasteiger partial charge < -0.3 is 14.4 Å². The lowest BCUT2D eigenvalue weighted by molar-refractivity contribution is -0.192. The molecule has 1 unspecified atom stereocenters. The molecule has 0 spiro atoms. The number of rotatable bonds is 7. The first-order valence-electron chi connectivity index (χ1n) is 10.4. The summed E-state index contributed by atoms with van der Waals surface area (Å²) < 4.78 is 40.0. The van der Waals surface area contributed by atoms with Gasteiger partial charge in [-0.3, -0.25) is 4.90 Å². The second kappa shape index (κ2) is 10.8. The van der Waals surface area contributed by atoms with E-state index in [0.717, 1.165) is 51.7 Å². The van der Waals surface area contributed by atoms with Crippen LogP contribution in [0.5, 0.6) is 0 Å². The van der Waals surface area contributed by atoms with E-state index in [-0.39, 0.29) is 0 Å². The molecule has 6 nitrogen and oxygen atoms in total. The number of hydrogen-bond acceptors (Lipinski definition) is 4. The third kappa shape index (κ3) is 7.99. The van der Waals surface area contributed by atoms with Crippen LogP contribution < -0.4 is 0 Å². The minimum atomic E-state index is -5.08. The lowest BCUT2D eigenvalue weighted by Gasteiger charge is -2.24. The molecule has 1 aromatic heterocycles. The Morgan fingerprint density at radius 3 is 2.45 bits per heavy atom. The molecule has 9 heteroatoms. The molecule has 2 heterocycles. The second-order valence-corrected chi connectivity index (χ2v) is 8.16. The summed E-state index contributed by atoms with van der Waals surface area (Å²) in [6.07, 6.45) is 2.73. The van der Waals surface area contributed by atoms with Gasteiger partial charge in [0.15, 0.2) is 0 Å². The van der Waals surface area contributed by atoms with Crippen LogP contribution in [0.4, 0.5) is 13.2 Å². The van der Waals surface area contributed by atoms with Gasteiger partial charge in [0.05, 0.1) is 18.6 Å². The number of carboxylic acid groups (broad SMARTS) is 1. The highest BCUT2D eigenvalue weighted by molar-refractivity contribution is 5.73. The van der Waals surface area contributed by atoms with Gasteiger partial charge >= 0.3 is 12.1 Å². The van der Waals surface area contributed by atoms with Gasteiger partial charge in [0.25, 0.3) is 0 Å². The van der Waals surface area contributed by atoms with E-state index < -0.39 is 12.1 Å². The number of imidazole rings is 1. The van der Waals surface area contributed by atoms with Crippen LogP contribution in [0.2, 0.25) is 0 Å². The van der Waals surface area contributed by atoms with E-state index in [1.807, 2.05) is 12.5 Å². The number of halogens is 3. The van der Waals surface area contributed by atoms with Gasteiger partial charge in [-0.25, -0.2) is 9.78 Å². The van der Waals surface area contributed by atoms with Crippen LogP contribution in [0.15, 0.2) is 42.9 Å². The Labute approximate surface area is 179 Å². The number of aliphatic carboxylic acids is 1. The first-order valence-corrected chi connectivity index (χ1v) is 10.4. The fourth-order valence-electron chi connectivity index (χ4n) is 3.53. The summed E-state index contributed by atoms with van der Waals surface area (Å²) in [5.74, 6) is -1.36. The topological polar surface area (TPSA) is 67.6 Å². The Kier molecular flexibility index (Phi) is 8.09. The van der Waals surface area contributed by atoms with Crippen LogP contribution in [0.3, 0.4) is 0 Å². The molecule has 1 atom stereocenters. The van der Waals surface area contributed by atoms with E-state index >= 15 is 0 Å². The molecule has 0 radical (unpaired) electrons. The number of ether oxygens (including phenoxy) is 1. The van der Waals surface area contributed by atoms with E-state index in [4.69, 9.17) is 14.6 Å². The molecule has 4 rings (SSSR count). The Bertz CT molecular complexity index is 822. The molecular weight excluding hydrogens is 411 g/mol. The molecule has 2 aromatic rings. The van der Waals surface area contributed by atoms with Crippen molar-refractivity contribution in [2.45, 2.75) is 38.5 Å². The fourth-order valence-corrected chi connectivity index (χ4v) is 3.53. The maximum Gasteiger partial charge on any atom is 0.490 e. The van der Waals surface area contributed by atoms with E-state index in [0.29, 0.717) is 5.92 Å². The van der Waals surface area contributed by atoms with Gasteiger partial charge in [-0.2, -0.15) is 13.2 Å². The standard InChI is InChI=1S/C20H27N3O.C2HF3O2/c1-2-4-17(5-3-1)8-9-22-11-19(15-24-14-18-6-7-18)12-23-16-21-10-20(23)13-22;3-2(4,5)1(6)7/h1-5,10,16,18-19H,6-9,11-15H2;(H,6,7). The van der Waals surface area contributed by atoms with E-state index in [1.54, 1.807) is 0 Å². The molecule has 1 aliphatic heterocycles. The van der Waals surface area contributed by atoms with Gasteiger partial charge in [-0.15, -0.1) is 0 Å². The summed E-state index contributed by atoms with van der Waals surface area (Å²) in [6, 6.07) is 10.8. The third-order valence-electron chi connectivity index (χ3n) is 5.36. The highest BCUT2D eigenvalue weighted by Crippen LogP contribution is 2.29. The number of nitrogens with zero attached hydrogens (tertiary/aromatic N) is 3. The van der Waals surface area contributed by atoms with Crippen molar-refractivity contribution in [2.24, 2.45) is 11.8 Å². The lowest BCUT2D eigenvalue weighted by Crippen LogP contribution is -2.32.